The molecule has 3 rings (SSSR count). The molecule has 0 aromatic heterocycles. The van der Waals surface area contributed by atoms with Crippen LogP contribution in [0.4, 0.5) is 0 Å². The van der Waals surface area contributed by atoms with Gasteiger partial charge in [-0.1, -0.05) is 82.3 Å². The first kappa shape index (κ1) is 33.5. The Labute approximate surface area is 252 Å². The molecule has 1 aliphatic rings. The van der Waals surface area contributed by atoms with Crippen molar-refractivity contribution in [3.05, 3.63) is 84.4 Å². The molecule has 0 N–H and O–H groups in total. The Hall–Kier alpha value is -2.00. The molecular formula is C33H47ClO6Si. The Kier molecular flexibility index (Phi) is 11.4. The summed E-state index contributed by atoms with van der Waals surface area (Å²) in [5, 5.41) is -0.0637. The summed E-state index contributed by atoms with van der Waals surface area (Å²) in [6.45, 7) is 18.0. The van der Waals surface area contributed by atoms with E-state index >= 15 is 0 Å². The number of alkyl halides is 1. The topological polar surface area (TPSA) is 63.2 Å². The summed E-state index contributed by atoms with van der Waals surface area (Å²) in [7, 11) is -0.726. The van der Waals surface area contributed by atoms with Crippen molar-refractivity contribution in [2.24, 2.45) is 11.3 Å². The number of benzene rings is 2. The molecule has 2 aromatic carbocycles. The van der Waals surface area contributed by atoms with E-state index in [-0.39, 0.29) is 24.3 Å². The zero-order valence-electron chi connectivity index (χ0n) is 25.7. The molecule has 0 heterocycles. The Morgan fingerprint density at radius 3 is 2.22 bits per heavy atom. The van der Waals surface area contributed by atoms with Crippen molar-refractivity contribution in [3.8, 4) is 0 Å². The number of hydrogen-bond acceptors (Lipinski definition) is 6. The van der Waals surface area contributed by atoms with Crippen LogP contribution in [0.3, 0.4) is 0 Å². The monoisotopic (exact) mass is 602 g/mol. The average molecular weight is 603 g/mol. The second-order valence-electron chi connectivity index (χ2n) is 12.7. The molecule has 0 amide bonds. The number of ether oxygens (including phenoxy) is 4. The van der Waals surface area contributed by atoms with E-state index in [2.05, 4.69) is 47.4 Å². The SMILES string of the molecule is C=C[C@H]1[C@](C)(COCc2ccccc2)[C@@H](OC(=O)c2ccccc2)C[C@@H](O[Si](C)(C)C(C)(C)C)[C@]1(CCl)OCOC. The van der Waals surface area contributed by atoms with Crippen LogP contribution in [0.1, 0.15) is 50.0 Å². The predicted molar refractivity (Wildman–Crippen MR) is 167 cm³/mol. The summed E-state index contributed by atoms with van der Waals surface area (Å²) in [5.41, 5.74) is -0.188. The molecule has 1 fully saturated rings. The maximum absolute atomic E-state index is 13.4. The molecule has 0 unspecified atom stereocenters. The van der Waals surface area contributed by atoms with Gasteiger partial charge in [0.25, 0.3) is 0 Å². The lowest BCUT2D eigenvalue weighted by molar-refractivity contribution is -0.245. The Morgan fingerprint density at radius 1 is 1.07 bits per heavy atom. The third kappa shape index (κ3) is 7.50. The molecule has 0 bridgehead atoms. The van der Waals surface area contributed by atoms with Gasteiger partial charge in [-0.25, -0.2) is 4.79 Å². The minimum absolute atomic E-state index is 0.0316. The van der Waals surface area contributed by atoms with Gasteiger partial charge < -0.3 is 23.4 Å². The summed E-state index contributed by atoms with van der Waals surface area (Å²) in [5.74, 6) is -0.648. The summed E-state index contributed by atoms with van der Waals surface area (Å²) < 4.78 is 31.6. The number of rotatable bonds is 13. The Bertz CT molecular complexity index is 1120. The van der Waals surface area contributed by atoms with E-state index in [1.165, 1.54) is 0 Å². The lowest BCUT2D eigenvalue weighted by Gasteiger charge is -2.59. The third-order valence-electron chi connectivity index (χ3n) is 8.86. The molecule has 6 nitrogen and oxygen atoms in total. The van der Waals surface area contributed by atoms with Crippen molar-refractivity contribution in [3.63, 3.8) is 0 Å². The zero-order valence-corrected chi connectivity index (χ0v) is 27.4. The smallest absolute Gasteiger partial charge is 0.338 e. The standard InChI is InChI=1S/C33H47ClO6Si/c1-9-27-32(5,23-37-21-25-16-12-10-13-17-25)28(39-30(35)26-18-14-11-15-19-26)20-29(33(27,22-34)38-24-36-6)40-41(7,8)31(2,3)4/h9-19,27-29H,1,20-24H2,2-8H3/t27-,28-,29+,32-,33+/m0/s1. The molecule has 5 atom stereocenters. The summed E-state index contributed by atoms with van der Waals surface area (Å²) in [6, 6.07) is 19.0. The van der Waals surface area contributed by atoms with Gasteiger partial charge >= 0.3 is 5.97 Å². The molecule has 0 aliphatic heterocycles. The number of carbonyl (C=O) groups is 1. The Balaban J connectivity index is 2.07. The maximum Gasteiger partial charge on any atom is 0.338 e. The van der Waals surface area contributed by atoms with Gasteiger partial charge in [0.2, 0.25) is 0 Å². The molecule has 41 heavy (non-hydrogen) atoms. The largest absolute Gasteiger partial charge is 0.458 e. The predicted octanol–water partition coefficient (Wildman–Crippen LogP) is 7.63. The van der Waals surface area contributed by atoms with Gasteiger partial charge in [0.1, 0.15) is 18.5 Å². The number of hydrogen-bond donors (Lipinski definition) is 0. The van der Waals surface area contributed by atoms with Crippen LogP contribution >= 0.6 is 11.6 Å². The van der Waals surface area contributed by atoms with Crippen LogP contribution in [0.5, 0.6) is 0 Å². The van der Waals surface area contributed by atoms with Crippen molar-refractivity contribution in [1.29, 1.82) is 0 Å². The fraction of sp³-hybridized carbons (Fsp3) is 0.545. The number of esters is 1. The highest BCUT2D eigenvalue weighted by Crippen LogP contribution is 2.54. The first-order valence-electron chi connectivity index (χ1n) is 14.2. The fourth-order valence-corrected chi connectivity index (χ4v) is 7.21. The van der Waals surface area contributed by atoms with E-state index in [0.29, 0.717) is 18.6 Å². The van der Waals surface area contributed by atoms with Crippen LogP contribution in [-0.2, 0) is 30.0 Å². The van der Waals surface area contributed by atoms with Crippen LogP contribution in [-0.4, -0.2) is 58.5 Å². The molecule has 226 valence electrons. The highest BCUT2D eigenvalue weighted by molar-refractivity contribution is 6.74. The van der Waals surface area contributed by atoms with E-state index in [1.807, 2.05) is 54.6 Å². The van der Waals surface area contributed by atoms with Crippen LogP contribution in [0.2, 0.25) is 18.1 Å². The molecule has 0 saturated heterocycles. The van der Waals surface area contributed by atoms with Crippen LogP contribution in [0.25, 0.3) is 0 Å². The van der Waals surface area contributed by atoms with Crippen molar-refractivity contribution < 1.29 is 28.2 Å². The van der Waals surface area contributed by atoms with E-state index in [9.17, 15) is 4.79 Å². The zero-order chi connectivity index (χ0) is 30.3. The minimum Gasteiger partial charge on any atom is -0.458 e. The summed E-state index contributed by atoms with van der Waals surface area (Å²) >= 11 is 6.85. The normalized spacial score (nSPS) is 26.9. The first-order chi connectivity index (χ1) is 19.3. The molecule has 0 radical (unpaired) electrons. The van der Waals surface area contributed by atoms with Crippen LogP contribution in [0, 0.1) is 11.3 Å². The lowest BCUT2D eigenvalue weighted by Crippen LogP contribution is -2.69. The van der Waals surface area contributed by atoms with E-state index in [4.69, 9.17) is 35.0 Å². The van der Waals surface area contributed by atoms with Crippen molar-refractivity contribution in [2.75, 3.05) is 26.4 Å². The highest BCUT2D eigenvalue weighted by Gasteiger charge is 2.63. The van der Waals surface area contributed by atoms with Gasteiger partial charge in [0, 0.05) is 24.9 Å². The van der Waals surface area contributed by atoms with E-state index in [1.54, 1.807) is 19.2 Å². The second-order valence-corrected chi connectivity index (χ2v) is 17.7. The van der Waals surface area contributed by atoms with Gasteiger partial charge in [-0.05, 0) is 35.8 Å². The average Bonchev–Trinajstić information content (AvgIpc) is 2.94. The molecule has 1 aliphatic carbocycles. The highest BCUT2D eigenvalue weighted by atomic mass is 35.5. The number of carbonyl (C=O) groups excluding carboxylic acids is 1. The molecule has 0 spiro atoms. The molecular weight excluding hydrogens is 556 g/mol. The molecule has 1 saturated carbocycles. The lowest BCUT2D eigenvalue weighted by atomic mass is 9.58. The van der Waals surface area contributed by atoms with Crippen molar-refractivity contribution >= 4 is 25.9 Å². The molecule has 2 aromatic rings. The maximum atomic E-state index is 13.4. The first-order valence-corrected chi connectivity index (χ1v) is 17.7. The third-order valence-corrected chi connectivity index (χ3v) is 13.8. The van der Waals surface area contributed by atoms with Crippen LogP contribution in [0.15, 0.2) is 73.3 Å². The quantitative estimate of drug-likeness (QED) is 0.0772. The van der Waals surface area contributed by atoms with Gasteiger partial charge in [-0.3, -0.25) is 0 Å². The summed E-state index contributed by atoms with van der Waals surface area (Å²) in [6.07, 6.45) is 1.20. The molecule has 8 heteroatoms. The van der Waals surface area contributed by atoms with E-state index < -0.39 is 43.4 Å². The van der Waals surface area contributed by atoms with Crippen LogP contribution < -0.4 is 0 Å². The summed E-state index contributed by atoms with van der Waals surface area (Å²) in [4.78, 5) is 13.4. The second kappa shape index (κ2) is 14.0. The minimum atomic E-state index is -2.31. The fourth-order valence-electron chi connectivity index (χ4n) is 5.43. The van der Waals surface area contributed by atoms with E-state index in [0.717, 1.165) is 5.56 Å². The Morgan fingerprint density at radius 2 is 1.68 bits per heavy atom. The number of halogens is 1. The van der Waals surface area contributed by atoms with Gasteiger partial charge in [-0.2, -0.15) is 0 Å². The van der Waals surface area contributed by atoms with Gasteiger partial charge in [-0.15, -0.1) is 18.2 Å². The van der Waals surface area contributed by atoms with Gasteiger partial charge in [0.05, 0.1) is 30.8 Å². The van der Waals surface area contributed by atoms with Crippen molar-refractivity contribution in [1.82, 2.24) is 0 Å². The van der Waals surface area contributed by atoms with Gasteiger partial charge in [0.15, 0.2) is 8.32 Å². The van der Waals surface area contributed by atoms with Crippen molar-refractivity contribution in [2.45, 2.75) is 76.7 Å². The number of methoxy groups -OCH3 is 1.